The van der Waals surface area contributed by atoms with E-state index in [0.717, 1.165) is 31.9 Å². The lowest BCUT2D eigenvalue weighted by Crippen LogP contribution is -2.47. The molecule has 0 bridgehead atoms. The van der Waals surface area contributed by atoms with Gasteiger partial charge in [-0.05, 0) is 19.2 Å². The molecule has 1 amide bonds. The van der Waals surface area contributed by atoms with Gasteiger partial charge >= 0.3 is 0 Å². The maximum Gasteiger partial charge on any atom is 0.274 e. The molecule has 1 N–H and O–H groups in total. The Morgan fingerprint density at radius 3 is 2.73 bits per heavy atom. The molecule has 0 atom stereocenters. The molecule has 3 heterocycles. The summed E-state index contributed by atoms with van der Waals surface area (Å²) in [5, 5.41) is 3.10. The highest BCUT2D eigenvalue weighted by Crippen LogP contribution is 2.09. The predicted molar refractivity (Wildman–Crippen MR) is 81.5 cm³/mol. The molecule has 0 aliphatic carbocycles. The summed E-state index contributed by atoms with van der Waals surface area (Å²) in [7, 11) is 2.06. The molecular weight excluding hydrogens is 282 g/mol. The van der Waals surface area contributed by atoms with E-state index in [2.05, 4.69) is 27.2 Å². The SMILES string of the molecule is CN1CCN(C(=O)c2cnc(NCc3ccco3)cn2)CC1. The largest absolute Gasteiger partial charge is 0.467 e. The highest BCUT2D eigenvalue weighted by molar-refractivity contribution is 5.92. The number of nitrogens with one attached hydrogen (secondary N) is 1. The molecule has 0 aromatic carbocycles. The Morgan fingerprint density at radius 2 is 2.09 bits per heavy atom. The van der Waals surface area contributed by atoms with Crippen molar-refractivity contribution >= 4 is 11.7 Å². The number of nitrogens with zero attached hydrogens (tertiary/aromatic N) is 4. The van der Waals surface area contributed by atoms with Gasteiger partial charge in [0.25, 0.3) is 5.91 Å². The Labute approximate surface area is 129 Å². The van der Waals surface area contributed by atoms with Crippen LogP contribution in [0.25, 0.3) is 0 Å². The molecule has 0 saturated carbocycles. The number of amides is 1. The number of piperazine rings is 1. The molecular formula is C15H19N5O2. The molecule has 0 spiro atoms. The molecule has 3 rings (SSSR count). The van der Waals surface area contributed by atoms with Gasteiger partial charge < -0.3 is 19.5 Å². The first kappa shape index (κ1) is 14.5. The molecule has 1 aliphatic rings. The smallest absolute Gasteiger partial charge is 0.274 e. The zero-order chi connectivity index (χ0) is 15.4. The van der Waals surface area contributed by atoms with Crippen molar-refractivity contribution in [2.24, 2.45) is 0 Å². The van der Waals surface area contributed by atoms with Crippen LogP contribution in [0.1, 0.15) is 16.2 Å². The van der Waals surface area contributed by atoms with Crippen molar-refractivity contribution in [3.05, 3.63) is 42.2 Å². The topological polar surface area (TPSA) is 74.5 Å². The summed E-state index contributed by atoms with van der Waals surface area (Å²) in [5.74, 6) is 1.38. The van der Waals surface area contributed by atoms with Crippen LogP contribution >= 0.6 is 0 Å². The number of furan rings is 1. The first-order chi connectivity index (χ1) is 10.7. The van der Waals surface area contributed by atoms with Crippen LogP contribution in [0.15, 0.2) is 35.2 Å². The molecule has 0 radical (unpaired) electrons. The minimum absolute atomic E-state index is 0.0572. The molecule has 22 heavy (non-hydrogen) atoms. The van der Waals surface area contributed by atoms with Gasteiger partial charge in [0.15, 0.2) is 0 Å². The standard InChI is InChI=1S/C15H19N5O2/c1-19-4-6-20(7-5-19)15(21)13-10-18-14(11-16-13)17-9-12-3-2-8-22-12/h2-3,8,10-11H,4-7,9H2,1H3,(H,17,18). The Balaban J connectivity index is 1.57. The molecule has 116 valence electrons. The fraction of sp³-hybridized carbons (Fsp3) is 0.400. The molecule has 2 aromatic heterocycles. The minimum Gasteiger partial charge on any atom is -0.467 e. The van der Waals surface area contributed by atoms with E-state index in [1.54, 1.807) is 12.5 Å². The van der Waals surface area contributed by atoms with E-state index >= 15 is 0 Å². The predicted octanol–water partition coefficient (Wildman–Crippen LogP) is 1.07. The third-order valence-corrected chi connectivity index (χ3v) is 3.69. The zero-order valence-corrected chi connectivity index (χ0v) is 12.5. The van der Waals surface area contributed by atoms with E-state index < -0.39 is 0 Å². The van der Waals surface area contributed by atoms with Crippen LogP contribution in [0, 0.1) is 0 Å². The van der Waals surface area contributed by atoms with Crippen molar-refractivity contribution in [2.45, 2.75) is 6.54 Å². The summed E-state index contributed by atoms with van der Waals surface area (Å²) < 4.78 is 5.23. The maximum absolute atomic E-state index is 12.3. The van der Waals surface area contributed by atoms with Crippen LogP contribution in [0.4, 0.5) is 5.82 Å². The van der Waals surface area contributed by atoms with Gasteiger partial charge in [0.2, 0.25) is 0 Å². The fourth-order valence-electron chi connectivity index (χ4n) is 2.29. The van der Waals surface area contributed by atoms with Crippen molar-refractivity contribution < 1.29 is 9.21 Å². The van der Waals surface area contributed by atoms with Crippen molar-refractivity contribution in [2.75, 3.05) is 38.5 Å². The third-order valence-electron chi connectivity index (χ3n) is 3.69. The summed E-state index contributed by atoms with van der Waals surface area (Å²) in [4.78, 5) is 24.8. The van der Waals surface area contributed by atoms with Gasteiger partial charge in [-0.1, -0.05) is 0 Å². The van der Waals surface area contributed by atoms with Crippen LogP contribution < -0.4 is 5.32 Å². The second kappa shape index (κ2) is 6.57. The molecule has 1 saturated heterocycles. The normalized spacial score (nSPS) is 15.8. The summed E-state index contributed by atoms with van der Waals surface area (Å²) >= 11 is 0. The van der Waals surface area contributed by atoms with E-state index in [0.29, 0.717) is 18.1 Å². The number of likely N-dealkylation sites (N-methyl/N-ethyl adjacent to an activating group) is 1. The monoisotopic (exact) mass is 301 g/mol. The summed E-state index contributed by atoms with van der Waals surface area (Å²) in [5.41, 5.74) is 0.383. The zero-order valence-electron chi connectivity index (χ0n) is 12.5. The molecule has 7 nitrogen and oxygen atoms in total. The Kier molecular flexibility index (Phi) is 4.34. The van der Waals surface area contributed by atoms with Gasteiger partial charge in [-0.3, -0.25) is 4.79 Å². The fourth-order valence-corrected chi connectivity index (χ4v) is 2.29. The van der Waals surface area contributed by atoms with Gasteiger partial charge in [0.05, 0.1) is 25.2 Å². The average molecular weight is 301 g/mol. The molecule has 1 fully saturated rings. The van der Waals surface area contributed by atoms with Crippen molar-refractivity contribution in [1.29, 1.82) is 0 Å². The van der Waals surface area contributed by atoms with Crippen molar-refractivity contribution in [1.82, 2.24) is 19.8 Å². The van der Waals surface area contributed by atoms with E-state index in [-0.39, 0.29) is 5.91 Å². The van der Waals surface area contributed by atoms with E-state index in [4.69, 9.17) is 4.42 Å². The van der Waals surface area contributed by atoms with Crippen LogP contribution in [-0.4, -0.2) is 58.9 Å². The maximum atomic E-state index is 12.3. The number of hydrogen-bond donors (Lipinski definition) is 1. The Bertz CT molecular complexity index is 603. The minimum atomic E-state index is -0.0572. The number of rotatable bonds is 4. The Hall–Kier alpha value is -2.41. The summed E-state index contributed by atoms with van der Waals surface area (Å²) in [6.45, 7) is 3.78. The van der Waals surface area contributed by atoms with Gasteiger partial charge in [0.1, 0.15) is 17.3 Å². The average Bonchev–Trinajstić information content (AvgIpc) is 3.07. The van der Waals surface area contributed by atoms with Gasteiger partial charge in [0, 0.05) is 26.2 Å². The van der Waals surface area contributed by atoms with Crippen LogP contribution in [-0.2, 0) is 6.54 Å². The lowest BCUT2D eigenvalue weighted by atomic mass is 10.3. The highest BCUT2D eigenvalue weighted by Gasteiger charge is 2.21. The van der Waals surface area contributed by atoms with Gasteiger partial charge in [-0.2, -0.15) is 0 Å². The lowest BCUT2D eigenvalue weighted by molar-refractivity contribution is 0.0658. The summed E-state index contributed by atoms with van der Waals surface area (Å²) in [6, 6.07) is 3.71. The van der Waals surface area contributed by atoms with Gasteiger partial charge in [-0.25, -0.2) is 9.97 Å². The number of carbonyl (C=O) groups is 1. The second-order valence-corrected chi connectivity index (χ2v) is 5.32. The van der Waals surface area contributed by atoms with E-state index in [1.165, 1.54) is 6.20 Å². The first-order valence-corrected chi connectivity index (χ1v) is 7.28. The molecule has 7 heteroatoms. The molecule has 1 aliphatic heterocycles. The quantitative estimate of drug-likeness (QED) is 0.910. The number of hydrogen-bond acceptors (Lipinski definition) is 6. The van der Waals surface area contributed by atoms with E-state index in [1.807, 2.05) is 17.0 Å². The van der Waals surface area contributed by atoms with Crippen molar-refractivity contribution in [3.63, 3.8) is 0 Å². The van der Waals surface area contributed by atoms with Crippen molar-refractivity contribution in [3.8, 4) is 0 Å². The lowest BCUT2D eigenvalue weighted by Gasteiger charge is -2.32. The number of carbonyl (C=O) groups excluding carboxylic acids is 1. The molecule has 0 unspecified atom stereocenters. The number of anilines is 1. The summed E-state index contributed by atoms with van der Waals surface area (Å²) in [6.07, 6.45) is 4.72. The van der Waals surface area contributed by atoms with E-state index in [9.17, 15) is 4.79 Å². The van der Waals surface area contributed by atoms with Crippen LogP contribution in [0.2, 0.25) is 0 Å². The molecule has 2 aromatic rings. The third kappa shape index (κ3) is 3.43. The Morgan fingerprint density at radius 1 is 1.27 bits per heavy atom. The van der Waals surface area contributed by atoms with Crippen LogP contribution in [0.3, 0.4) is 0 Å². The first-order valence-electron chi connectivity index (χ1n) is 7.28. The highest BCUT2D eigenvalue weighted by atomic mass is 16.3. The van der Waals surface area contributed by atoms with Gasteiger partial charge in [-0.15, -0.1) is 0 Å². The second-order valence-electron chi connectivity index (χ2n) is 5.32. The van der Waals surface area contributed by atoms with Crippen LogP contribution in [0.5, 0.6) is 0 Å². The number of aromatic nitrogens is 2.